The molecule has 0 aromatic heterocycles. The Labute approximate surface area is 140 Å². The van der Waals surface area contributed by atoms with Crippen molar-refractivity contribution in [1.29, 1.82) is 0 Å². The number of hydrogen-bond donors (Lipinski definition) is 1. The molecular weight excluding hydrogens is 314 g/mol. The molecule has 0 bridgehead atoms. The van der Waals surface area contributed by atoms with E-state index >= 15 is 0 Å². The van der Waals surface area contributed by atoms with E-state index in [1.165, 1.54) is 0 Å². The molecule has 2 heterocycles. The van der Waals surface area contributed by atoms with Crippen LogP contribution >= 0.6 is 11.8 Å². The van der Waals surface area contributed by atoms with Gasteiger partial charge in [-0.05, 0) is 30.4 Å². The lowest BCUT2D eigenvalue weighted by atomic mass is 10.0. The number of ether oxygens (including phenoxy) is 2. The van der Waals surface area contributed by atoms with Gasteiger partial charge >= 0.3 is 5.97 Å². The Morgan fingerprint density at radius 1 is 1.22 bits per heavy atom. The van der Waals surface area contributed by atoms with E-state index in [9.17, 15) is 9.59 Å². The zero-order valence-electron chi connectivity index (χ0n) is 13.0. The van der Waals surface area contributed by atoms with Gasteiger partial charge in [0.15, 0.2) is 6.61 Å². The van der Waals surface area contributed by atoms with Crippen LogP contribution in [0, 0.1) is 5.92 Å². The number of fused-ring (bicyclic) bond motifs is 1. The third-order valence-electron chi connectivity index (χ3n) is 4.19. The maximum absolute atomic E-state index is 12.1. The molecule has 0 saturated carbocycles. The quantitative estimate of drug-likeness (QED) is 0.856. The van der Waals surface area contributed by atoms with Gasteiger partial charge in [-0.3, -0.25) is 9.59 Å². The van der Waals surface area contributed by atoms with Gasteiger partial charge in [-0.2, -0.15) is 11.8 Å². The van der Waals surface area contributed by atoms with Crippen LogP contribution in [0.5, 0.6) is 5.75 Å². The fourth-order valence-corrected chi connectivity index (χ4v) is 4.02. The second-order valence-electron chi connectivity index (χ2n) is 5.79. The van der Waals surface area contributed by atoms with Gasteiger partial charge in [0.1, 0.15) is 5.75 Å². The van der Waals surface area contributed by atoms with Gasteiger partial charge in [-0.1, -0.05) is 18.2 Å². The number of carbonyl (C=O) groups is 2. The maximum Gasteiger partial charge on any atom is 0.309 e. The standard InChI is InChI=1S/C17H21NO4S/c19-16(11-22-17(20)12-6-9-23-10-7-12)18-14-5-8-21-15-4-2-1-3-13(14)15/h1-4,12,14H,5-11H2,(H,18,19)/t14-/m1/s1. The molecule has 0 aliphatic carbocycles. The second-order valence-corrected chi connectivity index (χ2v) is 7.01. The molecular formula is C17H21NO4S. The fraction of sp³-hybridized carbons (Fsp3) is 0.529. The molecule has 3 rings (SSSR count). The van der Waals surface area contributed by atoms with E-state index < -0.39 is 0 Å². The van der Waals surface area contributed by atoms with Crippen molar-refractivity contribution in [2.75, 3.05) is 24.7 Å². The van der Waals surface area contributed by atoms with Gasteiger partial charge < -0.3 is 14.8 Å². The molecule has 1 aromatic carbocycles. The lowest BCUT2D eigenvalue weighted by Gasteiger charge is -2.26. The molecule has 5 nitrogen and oxygen atoms in total. The summed E-state index contributed by atoms with van der Waals surface area (Å²) in [5, 5.41) is 2.93. The van der Waals surface area contributed by atoms with Crippen molar-refractivity contribution in [1.82, 2.24) is 5.32 Å². The molecule has 6 heteroatoms. The van der Waals surface area contributed by atoms with Crippen molar-refractivity contribution < 1.29 is 19.1 Å². The minimum Gasteiger partial charge on any atom is -0.493 e. The zero-order valence-corrected chi connectivity index (χ0v) is 13.8. The Morgan fingerprint density at radius 3 is 2.83 bits per heavy atom. The Kier molecular flexibility index (Phi) is 5.43. The lowest BCUT2D eigenvalue weighted by molar-refractivity contribution is -0.153. The minimum absolute atomic E-state index is 0.0483. The summed E-state index contributed by atoms with van der Waals surface area (Å²) in [4.78, 5) is 24.0. The molecule has 1 aromatic rings. The highest BCUT2D eigenvalue weighted by molar-refractivity contribution is 7.99. The molecule has 1 N–H and O–H groups in total. The Balaban J connectivity index is 1.49. The third-order valence-corrected chi connectivity index (χ3v) is 5.24. The first-order valence-corrected chi connectivity index (χ1v) is 9.15. The summed E-state index contributed by atoms with van der Waals surface area (Å²) in [7, 11) is 0. The minimum atomic E-state index is -0.259. The highest BCUT2D eigenvalue weighted by Gasteiger charge is 2.25. The molecule has 124 valence electrons. The van der Waals surface area contributed by atoms with Gasteiger partial charge in [0, 0.05) is 12.0 Å². The van der Waals surface area contributed by atoms with Gasteiger partial charge in [-0.25, -0.2) is 0 Å². The first kappa shape index (κ1) is 16.2. The highest BCUT2D eigenvalue weighted by Crippen LogP contribution is 2.31. The van der Waals surface area contributed by atoms with Crippen LogP contribution in [0.15, 0.2) is 24.3 Å². The number of nitrogens with one attached hydrogen (secondary N) is 1. The smallest absolute Gasteiger partial charge is 0.309 e. The number of benzene rings is 1. The number of para-hydroxylation sites is 1. The van der Waals surface area contributed by atoms with Crippen LogP contribution in [0.2, 0.25) is 0 Å². The number of amides is 1. The Hall–Kier alpha value is -1.69. The lowest BCUT2D eigenvalue weighted by Crippen LogP contribution is -2.36. The first-order chi connectivity index (χ1) is 11.2. The van der Waals surface area contributed by atoms with Crippen molar-refractivity contribution >= 4 is 23.6 Å². The van der Waals surface area contributed by atoms with Crippen molar-refractivity contribution in [3.05, 3.63) is 29.8 Å². The van der Waals surface area contributed by atoms with E-state index in [4.69, 9.17) is 9.47 Å². The van der Waals surface area contributed by atoms with Gasteiger partial charge in [0.25, 0.3) is 5.91 Å². The monoisotopic (exact) mass is 335 g/mol. The van der Waals surface area contributed by atoms with Gasteiger partial charge in [-0.15, -0.1) is 0 Å². The SMILES string of the molecule is O=C(COC(=O)C1CCSCC1)N[C@@H]1CCOc2ccccc21. The largest absolute Gasteiger partial charge is 0.493 e. The summed E-state index contributed by atoms with van der Waals surface area (Å²) in [5.74, 6) is 2.24. The van der Waals surface area contributed by atoms with E-state index in [1.807, 2.05) is 36.0 Å². The van der Waals surface area contributed by atoms with Crippen LogP contribution in [0.1, 0.15) is 30.9 Å². The van der Waals surface area contributed by atoms with Crippen LogP contribution in [0.3, 0.4) is 0 Å². The summed E-state index contributed by atoms with van der Waals surface area (Å²) in [6.45, 7) is 0.365. The predicted octanol–water partition coefficient (Wildman–Crippen LogP) is 2.31. The topological polar surface area (TPSA) is 64.6 Å². The second kappa shape index (κ2) is 7.73. The molecule has 1 saturated heterocycles. The van der Waals surface area contributed by atoms with E-state index in [0.717, 1.165) is 42.1 Å². The molecule has 1 amide bonds. The van der Waals surface area contributed by atoms with Crippen molar-refractivity contribution in [2.24, 2.45) is 5.92 Å². The van der Waals surface area contributed by atoms with Crippen LogP contribution in [0.25, 0.3) is 0 Å². The average Bonchev–Trinajstić information content (AvgIpc) is 2.61. The van der Waals surface area contributed by atoms with Crippen LogP contribution in [0.4, 0.5) is 0 Å². The number of carbonyl (C=O) groups excluding carboxylic acids is 2. The van der Waals surface area contributed by atoms with E-state index in [0.29, 0.717) is 6.61 Å². The fourth-order valence-electron chi connectivity index (χ4n) is 2.92. The number of rotatable bonds is 4. The van der Waals surface area contributed by atoms with E-state index in [-0.39, 0.29) is 30.4 Å². The van der Waals surface area contributed by atoms with Gasteiger partial charge in [0.2, 0.25) is 0 Å². The Morgan fingerprint density at radius 2 is 2.00 bits per heavy atom. The summed E-state index contributed by atoms with van der Waals surface area (Å²) in [5.41, 5.74) is 0.975. The number of hydrogen-bond acceptors (Lipinski definition) is 5. The van der Waals surface area contributed by atoms with Crippen LogP contribution < -0.4 is 10.1 Å². The molecule has 0 spiro atoms. The van der Waals surface area contributed by atoms with Crippen molar-refractivity contribution in [2.45, 2.75) is 25.3 Å². The van der Waals surface area contributed by atoms with Crippen molar-refractivity contribution in [3.8, 4) is 5.75 Å². The first-order valence-electron chi connectivity index (χ1n) is 7.99. The maximum atomic E-state index is 12.1. The van der Waals surface area contributed by atoms with Gasteiger partial charge in [0.05, 0.1) is 18.6 Å². The molecule has 1 atom stereocenters. The number of thioether (sulfide) groups is 1. The van der Waals surface area contributed by atoms with Crippen LogP contribution in [-0.4, -0.2) is 36.6 Å². The molecule has 0 unspecified atom stereocenters. The summed E-state index contributed by atoms with van der Waals surface area (Å²) < 4.78 is 10.8. The normalized spacial score (nSPS) is 21.0. The zero-order chi connectivity index (χ0) is 16.1. The van der Waals surface area contributed by atoms with Crippen molar-refractivity contribution in [3.63, 3.8) is 0 Å². The molecule has 1 fully saturated rings. The Bertz CT molecular complexity index is 571. The summed E-state index contributed by atoms with van der Waals surface area (Å²) in [6.07, 6.45) is 2.41. The molecule has 0 radical (unpaired) electrons. The molecule has 2 aliphatic heterocycles. The van der Waals surface area contributed by atoms with E-state index in [2.05, 4.69) is 5.32 Å². The molecule has 23 heavy (non-hydrogen) atoms. The molecule has 2 aliphatic rings. The predicted molar refractivity (Wildman–Crippen MR) is 88.4 cm³/mol. The summed E-state index contributed by atoms with van der Waals surface area (Å²) >= 11 is 1.86. The highest BCUT2D eigenvalue weighted by atomic mass is 32.2. The third kappa shape index (κ3) is 4.19. The van der Waals surface area contributed by atoms with Crippen LogP contribution in [-0.2, 0) is 14.3 Å². The average molecular weight is 335 g/mol. The van der Waals surface area contributed by atoms with E-state index in [1.54, 1.807) is 0 Å². The number of esters is 1. The summed E-state index contributed by atoms with van der Waals surface area (Å²) in [6, 6.07) is 7.60.